The van der Waals surface area contributed by atoms with Gasteiger partial charge in [0.05, 0.1) is 36.9 Å². The van der Waals surface area contributed by atoms with Gasteiger partial charge in [-0.15, -0.1) is 0 Å². The van der Waals surface area contributed by atoms with Crippen LogP contribution < -0.4 is 10.1 Å². The number of carbonyl (C=O) groups excluding carboxylic acids is 1. The summed E-state index contributed by atoms with van der Waals surface area (Å²) in [5.74, 6) is 0.718. The smallest absolute Gasteiger partial charge is 0.251 e. The quantitative estimate of drug-likeness (QED) is 0.920. The van der Waals surface area contributed by atoms with Gasteiger partial charge in [0.2, 0.25) is 0 Å². The van der Waals surface area contributed by atoms with Crippen molar-refractivity contribution in [2.45, 2.75) is 31.8 Å². The van der Waals surface area contributed by atoms with E-state index < -0.39 is 0 Å². The topological polar surface area (TPSA) is 65.4 Å². The Hall–Kier alpha value is -2.34. The highest BCUT2D eigenvalue weighted by Gasteiger charge is 2.22. The van der Waals surface area contributed by atoms with Crippen LogP contribution in [-0.2, 0) is 4.74 Å². The number of nitrogens with one attached hydrogen (secondary N) is 1. The van der Waals surface area contributed by atoms with Crippen molar-refractivity contribution in [3.63, 3.8) is 0 Å². The van der Waals surface area contributed by atoms with Gasteiger partial charge >= 0.3 is 0 Å². The van der Waals surface area contributed by atoms with Crippen molar-refractivity contribution >= 4 is 5.91 Å². The molecule has 24 heavy (non-hydrogen) atoms. The standard InChI is InChI=1S/C18H21N3O3/c1-12-9-24-17-5-4-13(7-15(17)16-8-19-11-21(12)16)18(22)20-14-3-2-6-23-10-14/h4-5,7-8,11-12,14H,2-3,6,9-10H2,1H3,(H,20,22)/t12?,14-/m1/s1. The molecule has 0 aliphatic carbocycles. The number of rotatable bonds is 2. The molecule has 1 saturated heterocycles. The van der Waals surface area contributed by atoms with E-state index in [1.165, 1.54) is 0 Å². The fourth-order valence-corrected chi connectivity index (χ4v) is 3.28. The summed E-state index contributed by atoms with van der Waals surface area (Å²) in [5.41, 5.74) is 2.51. The second-order valence-corrected chi connectivity index (χ2v) is 6.44. The maximum Gasteiger partial charge on any atom is 0.251 e. The van der Waals surface area contributed by atoms with Gasteiger partial charge in [0.25, 0.3) is 5.91 Å². The fourth-order valence-electron chi connectivity index (χ4n) is 3.28. The van der Waals surface area contributed by atoms with Crippen LogP contribution in [0.1, 0.15) is 36.2 Å². The van der Waals surface area contributed by atoms with Gasteiger partial charge in [-0.25, -0.2) is 4.98 Å². The van der Waals surface area contributed by atoms with Crippen LogP contribution in [-0.4, -0.2) is 41.3 Å². The van der Waals surface area contributed by atoms with Gasteiger partial charge < -0.3 is 19.4 Å². The lowest BCUT2D eigenvalue weighted by Crippen LogP contribution is -2.40. The predicted octanol–water partition coefficient (Wildman–Crippen LogP) is 2.41. The number of nitrogens with zero attached hydrogens (tertiary/aromatic N) is 2. The second-order valence-electron chi connectivity index (χ2n) is 6.44. The minimum atomic E-state index is -0.0725. The third-order valence-corrected chi connectivity index (χ3v) is 4.63. The number of hydrogen-bond acceptors (Lipinski definition) is 4. The van der Waals surface area contributed by atoms with Gasteiger partial charge in [0.1, 0.15) is 12.4 Å². The molecule has 6 heteroatoms. The number of amides is 1. The summed E-state index contributed by atoms with van der Waals surface area (Å²) in [4.78, 5) is 16.8. The maximum absolute atomic E-state index is 12.6. The molecule has 1 aromatic carbocycles. The first-order valence-electron chi connectivity index (χ1n) is 8.40. The normalized spacial score (nSPS) is 22.7. The Morgan fingerprint density at radius 3 is 3.12 bits per heavy atom. The van der Waals surface area contributed by atoms with Gasteiger partial charge in [0, 0.05) is 17.7 Å². The van der Waals surface area contributed by atoms with Crippen molar-refractivity contribution < 1.29 is 14.3 Å². The number of benzene rings is 1. The Morgan fingerprint density at radius 1 is 1.38 bits per heavy atom. The summed E-state index contributed by atoms with van der Waals surface area (Å²) >= 11 is 0. The number of hydrogen-bond donors (Lipinski definition) is 1. The molecule has 6 nitrogen and oxygen atoms in total. The van der Waals surface area contributed by atoms with E-state index in [9.17, 15) is 4.79 Å². The SMILES string of the molecule is CC1COc2ccc(C(=O)N[C@@H]3CCCOC3)cc2-c2cncn21. The van der Waals surface area contributed by atoms with Crippen LogP contribution in [0.5, 0.6) is 5.75 Å². The lowest BCUT2D eigenvalue weighted by molar-refractivity contribution is 0.0624. The second kappa shape index (κ2) is 6.28. The first-order chi connectivity index (χ1) is 11.7. The first-order valence-corrected chi connectivity index (χ1v) is 8.40. The molecule has 1 fully saturated rings. The summed E-state index contributed by atoms with van der Waals surface area (Å²) in [6.07, 6.45) is 5.58. The zero-order valence-electron chi connectivity index (χ0n) is 13.7. The van der Waals surface area contributed by atoms with Crippen molar-refractivity contribution in [2.75, 3.05) is 19.8 Å². The number of fused-ring (bicyclic) bond motifs is 3. The van der Waals surface area contributed by atoms with Crippen molar-refractivity contribution in [2.24, 2.45) is 0 Å². The summed E-state index contributed by atoms with van der Waals surface area (Å²) in [6.45, 7) is 4.05. The van der Waals surface area contributed by atoms with E-state index in [1.54, 1.807) is 0 Å². The van der Waals surface area contributed by atoms with Crippen LogP contribution in [0, 0.1) is 0 Å². The Kier molecular flexibility index (Phi) is 3.98. The highest BCUT2D eigenvalue weighted by Crippen LogP contribution is 2.35. The fraction of sp³-hybridized carbons (Fsp3) is 0.444. The number of carbonyl (C=O) groups is 1. The van der Waals surface area contributed by atoms with E-state index in [0.717, 1.165) is 36.5 Å². The zero-order chi connectivity index (χ0) is 16.5. The van der Waals surface area contributed by atoms with Crippen LogP contribution in [0.2, 0.25) is 0 Å². The zero-order valence-corrected chi connectivity index (χ0v) is 13.7. The number of aromatic nitrogens is 2. The predicted molar refractivity (Wildman–Crippen MR) is 89.2 cm³/mol. The van der Waals surface area contributed by atoms with Crippen molar-refractivity contribution in [3.05, 3.63) is 36.3 Å². The van der Waals surface area contributed by atoms with E-state index >= 15 is 0 Å². The molecular formula is C18H21N3O3. The van der Waals surface area contributed by atoms with Crippen molar-refractivity contribution in [1.29, 1.82) is 0 Å². The Bertz CT molecular complexity index is 750. The number of imidazole rings is 1. The van der Waals surface area contributed by atoms with Gasteiger partial charge in [-0.2, -0.15) is 0 Å². The van der Waals surface area contributed by atoms with Crippen LogP contribution in [0.25, 0.3) is 11.3 Å². The van der Waals surface area contributed by atoms with Crippen LogP contribution in [0.15, 0.2) is 30.7 Å². The molecule has 0 saturated carbocycles. The maximum atomic E-state index is 12.6. The molecule has 1 amide bonds. The Labute approximate surface area is 140 Å². The lowest BCUT2D eigenvalue weighted by atomic mass is 10.1. The molecule has 1 unspecified atom stereocenters. The van der Waals surface area contributed by atoms with E-state index in [-0.39, 0.29) is 18.0 Å². The Balaban J connectivity index is 1.62. The molecule has 4 rings (SSSR count). The lowest BCUT2D eigenvalue weighted by Gasteiger charge is -2.23. The third-order valence-electron chi connectivity index (χ3n) is 4.63. The molecule has 0 spiro atoms. The molecule has 3 heterocycles. The molecule has 1 N–H and O–H groups in total. The summed E-state index contributed by atoms with van der Waals surface area (Å²) < 4.78 is 13.4. The van der Waals surface area contributed by atoms with Gasteiger partial charge in [-0.1, -0.05) is 0 Å². The average Bonchev–Trinajstić information content (AvgIpc) is 3.05. The molecule has 2 aliphatic heterocycles. The summed E-state index contributed by atoms with van der Waals surface area (Å²) in [7, 11) is 0. The molecule has 0 radical (unpaired) electrons. The molecular weight excluding hydrogens is 306 g/mol. The molecule has 2 aromatic rings. The van der Waals surface area contributed by atoms with Crippen LogP contribution in [0.4, 0.5) is 0 Å². The third kappa shape index (κ3) is 2.78. The summed E-state index contributed by atoms with van der Waals surface area (Å²) in [5, 5.41) is 3.06. The minimum Gasteiger partial charge on any atom is -0.491 e. The molecule has 2 aliphatic rings. The average molecular weight is 327 g/mol. The molecule has 2 atom stereocenters. The van der Waals surface area contributed by atoms with E-state index in [0.29, 0.717) is 18.8 Å². The largest absolute Gasteiger partial charge is 0.491 e. The van der Waals surface area contributed by atoms with Crippen LogP contribution >= 0.6 is 0 Å². The van der Waals surface area contributed by atoms with E-state index in [4.69, 9.17) is 9.47 Å². The number of ether oxygens (including phenoxy) is 2. The first kappa shape index (κ1) is 15.2. The summed E-state index contributed by atoms with van der Waals surface area (Å²) in [6, 6.07) is 5.87. The van der Waals surface area contributed by atoms with Gasteiger partial charge in [-0.05, 0) is 38.0 Å². The van der Waals surface area contributed by atoms with E-state index in [2.05, 4.69) is 21.8 Å². The molecule has 1 aromatic heterocycles. The minimum absolute atomic E-state index is 0.0725. The molecule has 126 valence electrons. The highest BCUT2D eigenvalue weighted by molar-refractivity contribution is 5.96. The van der Waals surface area contributed by atoms with E-state index in [1.807, 2.05) is 30.7 Å². The van der Waals surface area contributed by atoms with Gasteiger partial charge in [-0.3, -0.25) is 4.79 Å². The highest BCUT2D eigenvalue weighted by atomic mass is 16.5. The van der Waals surface area contributed by atoms with Gasteiger partial charge in [0.15, 0.2) is 0 Å². The van der Waals surface area contributed by atoms with Crippen LogP contribution in [0.3, 0.4) is 0 Å². The van der Waals surface area contributed by atoms with Crippen molar-refractivity contribution in [1.82, 2.24) is 14.9 Å². The Morgan fingerprint density at radius 2 is 2.29 bits per heavy atom. The molecule has 0 bridgehead atoms. The van der Waals surface area contributed by atoms with Crippen molar-refractivity contribution in [3.8, 4) is 17.0 Å². The monoisotopic (exact) mass is 327 g/mol.